The SMILES string of the molecule is OCc1cccnc1-c1cc(Cl)cc(Cl)c1Cl. The lowest BCUT2D eigenvalue weighted by molar-refractivity contribution is 0.282. The summed E-state index contributed by atoms with van der Waals surface area (Å²) in [6.45, 7) is -0.121. The average molecular weight is 289 g/mol. The van der Waals surface area contributed by atoms with Crippen molar-refractivity contribution in [2.75, 3.05) is 0 Å². The van der Waals surface area contributed by atoms with Crippen LogP contribution in [0.25, 0.3) is 11.3 Å². The fourth-order valence-electron chi connectivity index (χ4n) is 1.54. The molecule has 0 amide bonds. The molecule has 2 nitrogen and oxygen atoms in total. The summed E-state index contributed by atoms with van der Waals surface area (Å²) in [6, 6.07) is 6.76. The van der Waals surface area contributed by atoms with Crippen LogP contribution in [0.2, 0.25) is 15.1 Å². The molecular formula is C12H8Cl3NO. The van der Waals surface area contributed by atoms with E-state index in [1.165, 1.54) is 0 Å². The number of aromatic nitrogens is 1. The van der Waals surface area contributed by atoms with Crippen LogP contribution in [0.5, 0.6) is 0 Å². The second kappa shape index (κ2) is 5.23. The molecule has 17 heavy (non-hydrogen) atoms. The van der Waals surface area contributed by atoms with Gasteiger partial charge in [0.1, 0.15) is 0 Å². The van der Waals surface area contributed by atoms with Crippen LogP contribution >= 0.6 is 34.8 Å². The second-order valence-corrected chi connectivity index (χ2v) is 4.64. The van der Waals surface area contributed by atoms with Gasteiger partial charge in [-0.05, 0) is 18.2 Å². The van der Waals surface area contributed by atoms with Crippen LogP contribution in [0.15, 0.2) is 30.5 Å². The number of pyridine rings is 1. The van der Waals surface area contributed by atoms with Crippen molar-refractivity contribution in [1.29, 1.82) is 0 Å². The summed E-state index contributed by atoms with van der Waals surface area (Å²) in [5.41, 5.74) is 1.88. The van der Waals surface area contributed by atoms with Crippen LogP contribution in [0.1, 0.15) is 5.56 Å². The summed E-state index contributed by atoms with van der Waals surface area (Å²) in [4.78, 5) is 4.20. The van der Waals surface area contributed by atoms with Gasteiger partial charge >= 0.3 is 0 Å². The van der Waals surface area contributed by atoms with Gasteiger partial charge in [0.05, 0.1) is 22.3 Å². The molecule has 0 aliphatic rings. The Bertz CT molecular complexity index is 557. The summed E-state index contributed by atoms with van der Waals surface area (Å²) in [7, 11) is 0. The fraction of sp³-hybridized carbons (Fsp3) is 0.0833. The quantitative estimate of drug-likeness (QED) is 0.840. The molecule has 1 aromatic heterocycles. The number of hydrogen-bond donors (Lipinski definition) is 1. The molecule has 1 aromatic carbocycles. The van der Waals surface area contributed by atoms with Crippen LogP contribution in [0.4, 0.5) is 0 Å². The Balaban J connectivity index is 2.68. The molecule has 1 N–H and O–H groups in total. The first-order valence-electron chi connectivity index (χ1n) is 4.83. The van der Waals surface area contributed by atoms with E-state index in [0.717, 1.165) is 0 Å². The zero-order valence-corrected chi connectivity index (χ0v) is 10.9. The minimum Gasteiger partial charge on any atom is -0.392 e. The molecule has 0 atom stereocenters. The number of halogens is 3. The third kappa shape index (κ3) is 2.55. The highest BCUT2D eigenvalue weighted by Gasteiger charge is 2.13. The highest BCUT2D eigenvalue weighted by atomic mass is 35.5. The maximum atomic E-state index is 9.26. The van der Waals surface area contributed by atoms with E-state index in [4.69, 9.17) is 34.8 Å². The van der Waals surface area contributed by atoms with E-state index in [2.05, 4.69) is 4.98 Å². The largest absolute Gasteiger partial charge is 0.392 e. The minimum absolute atomic E-state index is 0.121. The molecule has 88 valence electrons. The van der Waals surface area contributed by atoms with Crippen molar-refractivity contribution in [3.8, 4) is 11.3 Å². The van der Waals surface area contributed by atoms with E-state index in [1.54, 1.807) is 30.5 Å². The fourth-order valence-corrected chi connectivity index (χ4v) is 2.23. The van der Waals surface area contributed by atoms with Gasteiger partial charge < -0.3 is 5.11 Å². The summed E-state index contributed by atoms with van der Waals surface area (Å²) >= 11 is 18.0. The first-order valence-corrected chi connectivity index (χ1v) is 5.96. The van der Waals surface area contributed by atoms with Gasteiger partial charge in [-0.1, -0.05) is 40.9 Å². The van der Waals surface area contributed by atoms with Crippen LogP contribution < -0.4 is 0 Å². The Labute approximate surface area is 114 Å². The Hall–Kier alpha value is -0.800. The summed E-state index contributed by atoms with van der Waals surface area (Å²) < 4.78 is 0. The molecule has 0 saturated carbocycles. The average Bonchev–Trinajstić information content (AvgIpc) is 2.33. The molecule has 0 unspecified atom stereocenters. The second-order valence-electron chi connectivity index (χ2n) is 3.42. The number of aliphatic hydroxyl groups is 1. The van der Waals surface area contributed by atoms with Crippen molar-refractivity contribution in [1.82, 2.24) is 4.98 Å². The molecule has 0 radical (unpaired) electrons. The maximum absolute atomic E-state index is 9.26. The van der Waals surface area contributed by atoms with Gasteiger partial charge in [0.15, 0.2) is 0 Å². The Morgan fingerprint density at radius 2 is 1.94 bits per heavy atom. The highest BCUT2D eigenvalue weighted by Crippen LogP contribution is 2.36. The van der Waals surface area contributed by atoms with Crippen LogP contribution in [-0.2, 0) is 6.61 Å². The molecule has 0 aliphatic heterocycles. The lowest BCUT2D eigenvalue weighted by atomic mass is 10.1. The normalized spacial score (nSPS) is 10.6. The van der Waals surface area contributed by atoms with E-state index in [0.29, 0.717) is 31.9 Å². The summed E-state index contributed by atoms with van der Waals surface area (Å²) in [6.07, 6.45) is 1.62. The van der Waals surface area contributed by atoms with Gasteiger partial charge in [0, 0.05) is 22.3 Å². The van der Waals surface area contributed by atoms with E-state index < -0.39 is 0 Å². The first kappa shape index (κ1) is 12.7. The van der Waals surface area contributed by atoms with Gasteiger partial charge in [-0.25, -0.2) is 0 Å². The van der Waals surface area contributed by atoms with Crippen molar-refractivity contribution >= 4 is 34.8 Å². The van der Waals surface area contributed by atoms with E-state index in [9.17, 15) is 5.11 Å². The first-order chi connectivity index (χ1) is 8.13. The smallest absolute Gasteiger partial charge is 0.0773 e. The Morgan fingerprint density at radius 3 is 2.65 bits per heavy atom. The van der Waals surface area contributed by atoms with Crippen molar-refractivity contribution in [2.45, 2.75) is 6.61 Å². The highest BCUT2D eigenvalue weighted by molar-refractivity contribution is 6.45. The van der Waals surface area contributed by atoms with Gasteiger partial charge in [0.25, 0.3) is 0 Å². The topological polar surface area (TPSA) is 33.1 Å². The molecule has 0 aliphatic carbocycles. The molecule has 0 saturated heterocycles. The van der Waals surface area contributed by atoms with E-state index in [-0.39, 0.29) is 6.61 Å². The predicted octanol–water partition coefficient (Wildman–Crippen LogP) is 4.20. The Morgan fingerprint density at radius 1 is 1.18 bits per heavy atom. The predicted molar refractivity (Wildman–Crippen MR) is 70.6 cm³/mol. The van der Waals surface area contributed by atoms with Gasteiger partial charge in [-0.2, -0.15) is 0 Å². The zero-order valence-electron chi connectivity index (χ0n) is 8.62. The molecule has 0 spiro atoms. The molecule has 0 bridgehead atoms. The lowest BCUT2D eigenvalue weighted by Gasteiger charge is -2.09. The lowest BCUT2D eigenvalue weighted by Crippen LogP contribution is -1.93. The van der Waals surface area contributed by atoms with Crippen molar-refractivity contribution in [3.63, 3.8) is 0 Å². The minimum atomic E-state index is -0.121. The third-order valence-electron chi connectivity index (χ3n) is 2.31. The monoisotopic (exact) mass is 287 g/mol. The van der Waals surface area contributed by atoms with Crippen molar-refractivity contribution in [2.24, 2.45) is 0 Å². The van der Waals surface area contributed by atoms with Gasteiger partial charge in [-0.15, -0.1) is 0 Å². The van der Waals surface area contributed by atoms with Gasteiger partial charge in [0.2, 0.25) is 0 Å². The summed E-state index contributed by atoms with van der Waals surface area (Å²) in [5, 5.41) is 10.5. The van der Waals surface area contributed by atoms with Gasteiger partial charge in [-0.3, -0.25) is 4.98 Å². The van der Waals surface area contributed by atoms with Crippen LogP contribution in [-0.4, -0.2) is 10.1 Å². The summed E-state index contributed by atoms with van der Waals surface area (Å²) in [5.74, 6) is 0. The van der Waals surface area contributed by atoms with E-state index in [1.807, 2.05) is 0 Å². The maximum Gasteiger partial charge on any atom is 0.0773 e. The standard InChI is InChI=1S/C12H8Cl3NO/c13-8-4-9(11(15)10(14)5-8)12-7(6-17)2-1-3-16-12/h1-5,17H,6H2. The molecular weight excluding hydrogens is 280 g/mol. The number of benzene rings is 1. The number of aliphatic hydroxyl groups excluding tert-OH is 1. The number of nitrogens with zero attached hydrogens (tertiary/aromatic N) is 1. The third-order valence-corrected chi connectivity index (χ3v) is 3.33. The molecule has 2 aromatic rings. The zero-order chi connectivity index (χ0) is 12.4. The van der Waals surface area contributed by atoms with E-state index >= 15 is 0 Å². The number of rotatable bonds is 2. The number of hydrogen-bond acceptors (Lipinski definition) is 2. The molecule has 2 rings (SSSR count). The molecule has 1 heterocycles. The van der Waals surface area contributed by atoms with Crippen LogP contribution in [0, 0.1) is 0 Å². The van der Waals surface area contributed by atoms with Crippen molar-refractivity contribution < 1.29 is 5.11 Å². The van der Waals surface area contributed by atoms with Crippen LogP contribution in [0.3, 0.4) is 0 Å². The Kier molecular flexibility index (Phi) is 3.89. The van der Waals surface area contributed by atoms with Crippen molar-refractivity contribution in [3.05, 3.63) is 51.1 Å². The molecule has 0 fully saturated rings. The molecule has 5 heteroatoms.